The lowest BCUT2D eigenvalue weighted by atomic mass is 10.1. The van der Waals surface area contributed by atoms with Gasteiger partial charge in [-0.1, -0.05) is 18.2 Å². The van der Waals surface area contributed by atoms with Gasteiger partial charge in [0.1, 0.15) is 11.3 Å². The standard InChI is InChI=1S/C18H20N2O6/c1-25-11-5-10-20-17(23)15(16(22)19-18(20)24)13(21)9-8-12-6-3-4-7-14(12)26-2/h3-4,6-9,23H,5,10-11H2,1-2H3,(H,19,22,24)/b9-8+. The molecule has 138 valence electrons. The highest BCUT2D eigenvalue weighted by molar-refractivity contribution is 6.08. The van der Waals surface area contributed by atoms with Crippen molar-refractivity contribution in [2.45, 2.75) is 13.0 Å². The Morgan fingerprint density at radius 3 is 2.69 bits per heavy atom. The lowest BCUT2D eigenvalue weighted by molar-refractivity contribution is 0.104. The quantitative estimate of drug-likeness (QED) is 0.415. The molecule has 0 saturated carbocycles. The van der Waals surface area contributed by atoms with Gasteiger partial charge in [0.05, 0.1) is 7.11 Å². The van der Waals surface area contributed by atoms with Crippen molar-refractivity contribution in [1.82, 2.24) is 9.55 Å². The SMILES string of the molecule is COCCCn1c(O)c(C(=O)/C=C/c2ccccc2OC)c(=O)[nH]c1=O. The Balaban J connectivity index is 2.36. The van der Waals surface area contributed by atoms with Crippen LogP contribution in [-0.4, -0.2) is 41.3 Å². The average Bonchev–Trinajstić information content (AvgIpc) is 2.62. The molecular weight excluding hydrogens is 340 g/mol. The van der Waals surface area contributed by atoms with Crippen LogP contribution in [0.5, 0.6) is 11.6 Å². The molecule has 26 heavy (non-hydrogen) atoms. The number of nitrogens with zero attached hydrogens (tertiary/aromatic N) is 1. The van der Waals surface area contributed by atoms with Gasteiger partial charge in [-0.15, -0.1) is 0 Å². The van der Waals surface area contributed by atoms with Crippen LogP contribution in [0.3, 0.4) is 0 Å². The lowest BCUT2D eigenvalue weighted by Gasteiger charge is -2.09. The van der Waals surface area contributed by atoms with E-state index in [0.717, 1.165) is 10.6 Å². The zero-order valence-corrected chi connectivity index (χ0v) is 14.5. The molecule has 0 aliphatic carbocycles. The summed E-state index contributed by atoms with van der Waals surface area (Å²) in [6, 6.07) is 7.01. The van der Waals surface area contributed by atoms with E-state index in [-0.39, 0.29) is 6.54 Å². The van der Waals surface area contributed by atoms with Crippen molar-refractivity contribution >= 4 is 11.9 Å². The van der Waals surface area contributed by atoms with Gasteiger partial charge in [-0.25, -0.2) is 4.79 Å². The summed E-state index contributed by atoms with van der Waals surface area (Å²) in [6.45, 7) is 0.466. The number of benzene rings is 1. The normalized spacial score (nSPS) is 11.0. The molecule has 0 bridgehead atoms. The first-order valence-electron chi connectivity index (χ1n) is 7.90. The largest absolute Gasteiger partial charge is 0.496 e. The molecule has 2 aromatic rings. The number of allylic oxidation sites excluding steroid dienone is 1. The van der Waals surface area contributed by atoms with E-state index in [2.05, 4.69) is 0 Å². The molecule has 0 spiro atoms. The molecule has 1 heterocycles. The van der Waals surface area contributed by atoms with E-state index in [1.54, 1.807) is 24.3 Å². The molecule has 8 heteroatoms. The fourth-order valence-electron chi connectivity index (χ4n) is 2.41. The zero-order chi connectivity index (χ0) is 19.1. The van der Waals surface area contributed by atoms with Gasteiger partial charge in [0.25, 0.3) is 5.56 Å². The predicted molar refractivity (Wildman–Crippen MR) is 95.8 cm³/mol. The number of hydrogen-bond donors (Lipinski definition) is 2. The van der Waals surface area contributed by atoms with E-state index in [1.165, 1.54) is 20.3 Å². The number of H-pyrrole nitrogens is 1. The van der Waals surface area contributed by atoms with Crippen LogP contribution in [0.1, 0.15) is 22.3 Å². The third-order valence-electron chi connectivity index (χ3n) is 3.70. The number of methoxy groups -OCH3 is 2. The van der Waals surface area contributed by atoms with Crippen LogP contribution >= 0.6 is 0 Å². The zero-order valence-electron chi connectivity index (χ0n) is 14.5. The Hall–Kier alpha value is -3.13. The highest BCUT2D eigenvalue weighted by atomic mass is 16.5. The molecular formula is C18H20N2O6. The molecule has 0 aliphatic heterocycles. The number of ketones is 1. The van der Waals surface area contributed by atoms with E-state index < -0.39 is 28.5 Å². The number of rotatable bonds is 8. The van der Waals surface area contributed by atoms with Gasteiger partial charge in [-0.05, 0) is 24.6 Å². The highest BCUT2D eigenvalue weighted by Gasteiger charge is 2.19. The number of aromatic hydroxyl groups is 1. The number of aromatic amines is 1. The number of nitrogens with one attached hydrogen (secondary N) is 1. The number of hydrogen-bond acceptors (Lipinski definition) is 6. The van der Waals surface area contributed by atoms with Gasteiger partial charge in [-0.2, -0.15) is 0 Å². The lowest BCUT2D eigenvalue weighted by Crippen LogP contribution is -2.33. The fraction of sp³-hybridized carbons (Fsp3) is 0.278. The Kier molecular flexibility index (Phi) is 6.51. The van der Waals surface area contributed by atoms with Gasteiger partial charge in [-0.3, -0.25) is 19.1 Å². The summed E-state index contributed by atoms with van der Waals surface area (Å²) in [5.41, 5.74) is -1.58. The number of para-hydroxylation sites is 1. The van der Waals surface area contributed by atoms with E-state index >= 15 is 0 Å². The fourth-order valence-corrected chi connectivity index (χ4v) is 2.41. The second-order valence-electron chi connectivity index (χ2n) is 5.40. The summed E-state index contributed by atoms with van der Waals surface area (Å²) in [4.78, 5) is 38.3. The van der Waals surface area contributed by atoms with Gasteiger partial charge in [0.15, 0.2) is 5.78 Å². The maximum atomic E-state index is 12.4. The van der Waals surface area contributed by atoms with Crippen molar-refractivity contribution < 1.29 is 19.4 Å². The van der Waals surface area contributed by atoms with E-state index in [9.17, 15) is 19.5 Å². The van der Waals surface area contributed by atoms with Crippen molar-refractivity contribution in [2.75, 3.05) is 20.8 Å². The molecule has 0 aliphatic rings. The maximum absolute atomic E-state index is 12.4. The summed E-state index contributed by atoms with van der Waals surface area (Å²) >= 11 is 0. The number of aromatic nitrogens is 2. The van der Waals surface area contributed by atoms with Gasteiger partial charge in [0.2, 0.25) is 5.88 Å². The first-order valence-corrected chi connectivity index (χ1v) is 7.90. The minimum Gasteiger partial charge on any atom is -0.496 e. The average molecular weight is 360 g/mol. The van der Waals surface area contributed by atoms with E-state index in [1.807, 2.05) is 4.98 Å². The van der Waals surface area contributed by atoms with E-state index in [4.69, 9.17) is 9.47 Å². The molecule has 2 N–H and O–H groups in total. The Morgan fingerprint density at radius 2 is 2.00 bits per heavy atom. The van der Waals surface area contributed by atoms with Gasteiger partial charge < -0.3 is 14.6 Å². The van der Waals surface area contributed by atoms with E-state index in [0.29, 0.717) is 24.3 Å². The molecule has 0 unspecified atom stereocenters. The van der Waals surface area contributed by atoms with Crippen LogP contribution in [0.25, 0.3) is 6.08 Å². The summed E-state index contributed by atoms with van der Waals surface area (Å²) < 4.78 is 11.0. The highest BCUT2D eigenvalue weighted by Crippen LogP contribution is 2.19. The molecule has 0 amide bonds. The summed E-state index contributed by atoms with van der Waals surface area (Å²) in [6.07, 6.45) is 3.05. The van der Waals surface area contributed by atoms with Crippen molar-refractivity contribution in [3.05, 3.63) is 62.3 Å². The number of carbonyl (C=O) groups excluding carboxylic acids is 1. The van der Waals surface area contributed by atoms with Crippen LogP contribution < -0.4 is 16.0 Å². The summed E-state index contributed by atoms with van der Waals surface area (Å²) in [7, 11) is 3.01. The summed E-state index contributed by atoms with van der Waals surface area (Å²) in [5, 5.41) is 10.2. The van der Waals surface area contributed by atoms with Crippen LogP contribution in [0, 0.1) is 0 Å². The predicted octanol–water partition coefficient (Wildman–Crippen LogP) is 1.18. The molecule has 0 fully saturated rings. The molecule has 0 saturated heterocycles. The topological polar surface area (TPSA) is 111 Å². The number of carbonyl (C=O) groups is 1. The second-order valence-corrected chi connectivity index (χ2v) is 5.40. The molecule has 1 aromatic heterocycles. The molecule has 0 radical (unpaired) electrons. The van der Waals surface area contributed by atoms with Crippen LogP contribution in [0.2, 0.25) is 0 Å². The minimum atomic E-state index is -0.940. The maximum Gasteiger partial charge on any atom is 0.331 e. The van der Waals surface area contributed by atoms with Crippen LogP contribution in [-0.2, 0) is 11.3 Å². The molecule has 8 nitrogen and oxygen atoms in total. The van der Waals surface area contributed by atoms with Crippen molar-refractivity contribution in [2.24, 2.45) is 0 Å². The van der Waals surface area contributed by atoms with Crippen molar-refractivity contribution in [3.8, 4) is 11.6 Å². The van der Waals surface area contributed by atoms with Crippen molar-refractivity contribution in [3.63, 3.8) is 0 Å². The Labute approximate surface area is 149 Å². The monoisotopic (exact) mass is 360 g/mol. The Bertz CT molecular complexity index is 926. The smallest absolute Gasteiger partial charge is 0.331 e. The summed E-state index contributed by atoms with van der Waals surface area (Å²) in [5.74, 6) is -0.834. The number of ether oxygens (including phenoxy) is 2. The molecule has 2 rings (SSSR count). The van der Waals surface area contributed by atoms with Gasteiger partial charge in [0, 0.05) is 25.8 Å². The third-order valence-corrected chi connectivity index (χ3v) is 3.70. The second kappa shape index (κ2) is 8.82. The Morgan fingerprint density at radius 1 is 1.27 bits per heavy atom. The minimum absolute atomic E-state index is 0.103. The molecule has 1 aromatic carbocycles. The van der Waals surface area contributed by atoms with Gasteiger partial charge >= 0.3 is 5.69 Å². The first kappa shape index (κ1) is 19.2. The van der Waals surface area contributed by atoms with Crippen molar-refractivity contribution in [1.29, 1.82) is 0 Å². The molecule has 0 atom stereocenters. The van der Waals surface area contributed by atoms with Crippen LogP contribution in [0.15, 0.2) is 39.9 Å². The van der Waals surface area contributed by atoms with Crippen LogP contribution in [0.4, 0.5) is 0 Å². The third kappa shape index (κ3) is 4.28. The first-order chi connectivity index (χ1) is 12.5.